The van der Waals surface area contributed by atoms with E-state index in [1.807, 2.05) is 0 Å². The summed E-state index contributed by atoms with van der Waals surface area (Å²) in [4.78, 5) is 0.655. The van der Waals surface area contributed by atoms with Gasteiger partial charge in [-0.3, -0.25) is 4.72 Å². The van der Waals surface area contributed by atoms with Gasteiger partial charge in [0.15, 0.2) is 11.6 Å². The fourth-order valence-electron chi connectivity index (χ4n) is 2.84. The van der Waals surface area contributed by atoms with Crippen molar-refractivity contribution in [3.05, 3.63) is 58.6 Å². The maximum atomic E-state index is 13.8. The van der Waals surface area contributed by atoms with Gasteiger partial charge in [-0.15, -0.1) is 11.8 Å². The van der Waals surface area contributed by atoms with Gasteiger partial charge in [-0.1, -0.05) is 30.2 Å². The van der Waals surface area contributed by atoms with Gasteiger partial charge in [0.05, 0.1) is 5.69 Å². The number of halogens is 3. The van der Waals surface area contributed by atoms with Crippen molar-refractivity contribution < 1.29 is 17.2 Å². The van der Waals surface area contributed by atoms with Crippen LogP contribution in [-0.2, 0) is 16.0 Å². The lowest BCUT2D eigenvalue weighted by Gasteiger charge is -2.26. The molecule has 1 aliphatic rings. The second-order valence-electron chi connectivity index (χ2n) is 6.24. The molecule has 0 spiro atoms. The molecule has 0 amide bonds. The van der Waals surface area contributed by atoms with Gasteiger partial charge >= 0.3 is 10.2 Å². The Morgan fingerprint density at radius 1 is 1.11 bits per heavy atom. The molecule has 1 saturated heterocycles. The Labute approximate surface area is 167 Å². The van der Waals surface area contributed by atoms with Crippen LogP contribution < -0.4 is 4.72 Å². The maximum absolute atomic E-state index is 13.8. The third-order valence-electron chi connectivity index (χ3n) is 4.20. The summed E-state index contributed by atoms with van der Waals surface area (Å²) < 4.78 is 56.1. The summed E-state index contributed by atoms with van der Waals surface area (Å²) in [5.74, 6) is -1.57. The Balaban J connectivity index is 1.73. The minimum Gasteiger partial charge on any atom is -0.271 e. The van der Waals surface area contributed by atoms with Crippen molar-refractivity contribution in [3.8, 4) is 0 Å². The number of rotatable bonds is 6. The van der Waals surface area contributed by atoms with E-state index in [1.54, 1.807) is 12.1 Å². The molecular formula is C18H19ClF2N2O2S2. The van der Waals surface area contributed by atoms with E-state index in [-0.39, 0.29) is 11.3 Å². The Hall–Kier alpha value is -1.35. The Bertz CT molecular complexity index is 920. The number of hydrogen-bond acceptors (Lipinski definition) is 3. The molecule has 0 radical (unpaired) electrons. The molecule has 27 heavy (non-hydrogen) atoms. The van der Waals surface area contributed by atoms with Crippen molar-refractivity contribution in [3.63, 3.8) is 0 Å². The molecule has 1 heterocycles. The number of benzene rings is 2. The number of hydrogen-bond donors (Lipinski definition) is 1. The van der Waals surface area contributed by atoms with Gasteiger partial charge < -0.3 is 0 Å². The van der Waals surface area contributed by atoms with Gasteiger partial charge in [-0.05, 0) is 37.1 Å². The van der Waals surface area contributed by atoms with Crippen LogP contribution in [0.15, 0.2) is 41.3 Å². The lowest BCUT2D eigenvalue weighted by atomic mass is 10.2. The Morgan fingerprint density at radius 3 is 2.59 bits per heavy atom. The summed E-state index contributed by atoms with van der Waals surface area (Å²) in [6, 6.07) is 8.84. The van der Waals surface area contributed by atoms with E-state index in [0.717, 1.165) is 25.3 Å². The number of nitrogens with zero attached hydrogens (tertiary/aromatic N) is 1. The molecule has 0 aliphatic carbocycles. The average molecular weight is 433 g/mol. The summed E-state index contributed by atoms with van der Waals surface area (Å²) in [6.45, 7) is 0.993. The summed E-state index contributed by atoms with van der Waals surface area (Å²) in [5.41, 5.74) is 0.575. The molecule has 1 fully saturated rings. The number of anilines is 1. The summed E-state index contributed by atoms with van der Waals surface area (Å²) in [7, 11) is -3.64. The van der Waals surface area contributed by atoms with E-state index >= 15 is 0 Å². The lowest BCUT2D eigenvalue weighted by molar-refractivity contribution is 0.349. The van der Waals surface area contributed by atoms with Gasteiger partial charge in [-0.2, -0.15) is 12.7 Å². The van der Waals surface area contributed by atoms with Crippen molar-refractivity contribution in [1.29, 1.82) is 0 Å². The van der Waals surface area contributed by atoms with Gasteiger partial charge in [0, 0.05) is 34.3 Å². The molecule has 2 aromatic carbocycles. The second kappa shape index (κ2) is 8.77. The van der Waals surface area contributed by atoms with Crippen LogP contribution in [0, 0.1) is 11.6 Å². The molecule has 3 rings (SSSR count). The SMILES string of the molecule is O=S(=O)(Nc1cc(Cl)cc(SCc2cccc(F)c2F)c1)N1CCCCC1. The predicted molar refractivity (Wildman–Crippen MR) is 105 cm³/mol. The van der Waals surface area contributed by atoms with E-state index < -0.39 is 21.8 Å². The zero-order valence-corrected chi connectivity index (χ0v) is 16.8. The van der Waals surface area contributed by atoms with Gasteiger partial charge in [0.2, 0.25) is 0 Å². The molecule has 1 N–H and O–H groups in total. The first-order valence-electron chi connectivity index (χ1n) is 8.49. The van der Waals surface area contributed by atoms with Crippen LogP contribution in [0.25, 0.3) is 0 Å². The molecule has 9 heteroatoms. The van der Waals surface area contributed by atoms with E-state index in [4.69, 9.17) is 11.6 Å². The monoisotopic (exact) mass is 432 g/mol. The van der Waals surface area contributed by atoms with Crippen molar-refractivity contribution in [2.45, 2.75) is 29.9 Å². The standard InChI is InChI=1S/C18H19ClF2N2O2S2/c19-14-9-15(22-27(24,25)23-7-2-1-3-8-23)11-16(10-14)26-12-13-5-4-6-17(20)18(13)21/h4-6,9-11,22H,1-3,7-8,12H2. The van der Waals surface area contributed by atoms with Crippen LogP contribution in [0.5, 0.6) is 0 Å². The van der Waals surface area contributed by atoms with Crippen molar-refractivity contribution in [1.82, 2.24) is 4.31 Å². The van der Waals surface area contributed by atoms with Crippen LogP contribution in [-0.4, -0.2) is 25.8 Å². The van der Waals surface area contributed by atoms with Crippen LogP contribution in [0.4, 0.5) is 14.5 Å². The molecule has 1 aliphatic heterocycles. The van der Waals surface area contributed by atoms with Crippen molar-refractivity contribution >= 4 is 39.3 Å². The van der Waals surface area contributed by atoms with E-state index in [1.165, 1.54) is 34.3 Å². The molecule has 4 nitrogen and oxygen atoms in total. The highest BCUT2D eigenvalue weighted by Gasteiger charge is 2.24. The van der Waals surface area contributed by atoms with Crippen LogP contribution in [0.1, 0.15) is 24.8 Å². The normalized spacial score (nSPS) is 15.7. The van der Waals surface area contributed by atoms with Crippen molar-refractivity contribution in [2.75, 3.05) is 17.8 Å². The Morgan fingerprint density at radius 2 is 1.85 bits per heavy atom. The molecule has 146 valence electrons. The predicted octanol–water partition coefficient (Wildman–Crippen LogP) is 5.05. The summed E-state index contributed by atoms with van der Waals surface area (Å²) in [5, 5.41) is 0.357. The zero-order valence-electron chi connectivity index (χ0n) is 14.4. The number of thioether (sulfide) groups is 1. The molecular weight excluding hydrogens is 414 g/mol. The smallest absolute Gasteiger partial charge is 0.271 e. The van der Waals surface area contributed by atoms with Gasteiger partial charge in [0.1, 0.15) is 0 Å². The fraction of sp³-hybridized carbons (Fsp3) is 0.333. The third kappa shape index (κ3) is 5.34. The highest BCUT2D eigenvalue weighted by atomic mass is 35.5. The van der Waals surface area contributed by atoms with E-state index in [9.17, 15) is 17.2 Å². The lowest BCUT2D eigenvalue weighted by Crippen LogP contribution is -2.39. The third-order valence-corrected chi connectivity index (χ3v) is 6.98. The molecule has 0 bridgehead atoms. The molecule has 0 unspecified atom stereocenters. The highest BCUT2D eigenvalue weighted by Crippen LogP contribution is 2.31. The minimum absolute atomic E-state index is 0.197. The highest BCUT2D eigenvalue weighted by molar-refractivity contribution is 7.98. The second-order valence-corrected chi connectivity index (χ2v) is 9.40. The summed E-state index contributed by atoms with van der Waals surface area (Å²) in [6.07, 6.45) is 2.72. The van der Waals surface area contributed by atoms with Crippen molar-refractivity contribution in [2.24, 2.45) is 0 Å². The van der Waals surface area contributed by atoms with E-state index in [2.05, 4.69) is 4.72 Å². The largest absolute Gasteiger partial charge is 0.301 e. The van der Waals surface area contributed by atoms with Crippen LogP contribution in [0.2, 0.25) is 5.02 Å². The minimum atomic E-state index is -3.64. The molecule has 2 aromatic rings. The average Bonchev–Trinajstić information content (AvgIpc) is 2.63. The fourth-order valence-corrected chi connectivity index (χ4v) is 5.39. The quantitative estimate of drug-likeness (QED) is 0.649. The molecule has 0 aromatic heterocycles. The Kier molecular flexibility index (Phi) is 6.62. The van der Waals surface area contributed by atoms with Gasteiger partial charge in [0.25, 0.3) is 0 Å². The van der Waals surface area contributed by atoms with E-state index in [0.29, 0.717) is 28.7 Å². The molecule has 0 saturated carbocycles. The maximum Gasteiger partial charge on any atom is 0.301 e. The first-order valence-corrected chi connectivity index (χ1v) is 11.3. The van der Waals surface area contributed by atoms with Gasteiger partial charge in [-0.25, -0.2) is 8.78 Å². The zero-order chi connectivity index (χ0) is 19.4. The molecule has 0 atom stereocenters. The topological polar surface area (TPSA) is 49.4 Å². The summed E-state index contributed by atoms with van der Waals surface area (Å²) >= 11 is 7.35. The first kappa shape index (κ1) is 20.4. The number of nitrogens with one attached hydrogen (secondary N) is 1. The van der Waals surface area contributed by atoms with Crippen LogP contribution in [0.3, 0.4) is 0 Å². The number of piperidine rings is 1. The first-order chi connectivity index (χ1) is 12.8. The van der Waals surface area contributed by atoms with Crippen LogP contribution >= 0.6 is 23.4 Å².